The van der Waals surface area contributed by atoms with Gasteiger partial charge in [-0.25, -0.2) is 18.5 Å². The maximum absolute atomic E-state index is 12.4. The molecule has 0 aliphatic heterocycles. The third kappa shape index (κ3) is 3.79. The lowest BCUT2D eigenvalue weighted by Crippen LogP contribution is -2.40. The number of benzene rings is 1. The standard InChI is InChI=1S/C19H26N4O3S2/c1-11(15-8-12-3-4-13(15)7-12)21-18(24)10-27-19-22-16-9-14(28(20,25)26)5-6-17(16)23(19)2/h5-6,9,11-13,15H,3-4,7-8,10H2,1-2H3,(H,21,24)(H2,20,25,26). The molecule has 2 aliphatic carbocycles. The number of rotatable bonds is 6. The highest BCUT2D eigenvalue weighted by molar-refractivity contribution is 7.99. The van der Waals surface area contributed by atoms with Crippen LogP contribution in [0.2, 0.25) is 0 Å². The Labute approximate surface area is 169 Å². The zero-order chi connectivity index (χ0) is 20.1. The molecular weight excluding hydrogens is 396 g/mol. The van der Waals surface area contributed by atoms with Crippen molar-refractivity contribution < 1.29 is 13.2 Å². The van der Waals surface area contributed by atoms with Gasteiger partial charge in [-0.05, 0) is 62.1 Å². The quantitative estimate of drug-likeness (QED) is 0.695. The molecule has 2 bridgehead atoms. The predicted octanol–water partition coefficient (Wildman–Crippen LogP) is 2.25. The van der Waals surface area contributed by atoms with Crippen molar-refractivity contribution in [2.45, 2.75) is 48.7 Å². The number of nitrogens with two attached hydrogens (primary N) is 1. The molecule has 2 saturated carbocycles. The van der Waals surface area contributed by atoms with Crippen molar-refractivity contribution in [3.8, 4) is 0 Å². The molecule has 1 aromatic heterocycles. The normalized spacial score (nSPS) is 25.3. The van der Waals surface area contributed by atoms with Gasteiger partial charge in [0.25, 0.3) is 0 Å². The highest BCUT2D eigenvalue weighted by Gasteiger charge is 2.42. The maximum atomic E-state index is 12.4. The van der Waals surface area contributed by atoms with E-state index in [1.807, 2.05) is 11.6 Å². The summed E-state index contributed by atoms with van der Waals surface area (Å²) in [6.45, 7) is 2.12. The number of carbonyl (C=O) groups is 1. The van der Waals surface area contributed by atoms with Gasteiger partial charge >= 0.3 is 0 Å². The molecule has 7 nitrogen and oxygen atoms in total. The average Bonchev–Trinajstić information content (AvgIpc) is 3.34. The van der Waals surface area contributed by atoms with E-state index in [9.17, 15) is 13.2 Å². The summed E-state index contributed by atoms with van der Waals surface area (Å²) >= 11 is 1.35. The van der Waals surface area contributed by atoms with Crippen LogP contribution in [0.15, 0.2) is 28.3 Å². The number of aromatic nitrogens is 2. The van der Waals surface area contributed by atoms with Crippen LogP contribution in [0.1, 0.15) is 32.6 Å². The summed E-state index contributed by atoms with van der Waals surface area (Å²) in [5.41, 5.74) is 1.35. The Morgan fingerprint density at radius 3 is 2.82 bits per heavy atom. The molecule has 3 N–H and O–H groups in total. The summed E-state index contributed by atoms with van der Waals surface area (Å²) in [6.07, 6.45) is 5.25. The number of amides is 1. The first-order valence-electron chi connectivity index (χ1n) is 9.64. The van der Waals surface area contributed by atoms with Crippen LogP contribution in [0.3, 0.4) is 0 Å². The second-order valence-electron chi connectivity index (χ2n) is 8.13. The molecule has 152 valence electrons. The molecule has 9 heteroatoms. The number of nitrogens with one attached hydrogen (secondary N) is 1. The summed E-state index contributed by atoms with van der Waals surface area (Å²) in [6, 6.07) is 4.83. The van der Waals surface area contributed by atoms with Gasteiger partial charge in [-0.1, -0.05) is 18.2 Å². The van der Waals surface area contributed by atoms with Gasteiger partial charge in [0.2, 0.25) is 15.9 Å². The topological polar surface area (TPSA) is 107 Å². The van der Waals surface area contributed by atoms with Crippen LogP contribution in [0, 0.1) is 17.8 Å². The Morgan fingerprint density at radius 2 is 2.18 bits per heavy atom. The number of hydrogen-bond donors (Lipinski definition) is 2. The molecule has 1 aromatic carbocycles. The number of hydrogen-bond acceptors (Lipinski definition) is 5. The van der Waals surface area contributed by atoms with Gasteiger partial charge in [-0.3, -0.25) is 4.79 Å². The van der Waals surface area contributed by atoms with E-state index in [1.54, 1.807) is 6.07 Å². The summed E-state index contributed by atoms with van der Waals surface area (Å²) in [7, 11) is -1.92. The minimum absolute atomic E-state index is 0.0116. The van der Waals surface area contributed by atoms with Crippen LogP contribution in [0.5, 0.6) is 0 Å². The molecule has 2 aromatic rings. The first-order valence-corrected chi connectivity index (χ1v) is 12.2. The predicted molar refractivity (Wildman–Crippen MR) is 109 cm³/mol. The molecule has 4 rings (SSSR count). The van der Waals surface area contributed by atoms with E-state index < -0.39 is 10.0 Å². The summed E-state index contributed by atoms with van der Waals surface area (Å²) < 4.78 is 24.9. The third-order valence-electron chi connectivity index (χ3n) is 6.30. The Balaban J connectivity index is 1.39. The van der Waals surface area contributed by atoms with Crippen LogP contribution >= 0.6 is 11.8 Å². The number of imidazole rings is 1. The van der Waals surface area contributed by atoms with Crippen LogP contribution in [0.4, 0.5) is 0 Å². The molecule has 28 heavy (non-hydrogen) atoms. The molecule has 4 unspecified atom stereocenters. The Kier molecular flexibility index (Phi) is 5.18. The van der Waals surface area contributed by atoms with Crippen molar-refractivity contribution in [2.75, 3.05) is 5.75 Å². The smallest absolute Gasteiger partial charge is 0.238 e. The van der Waals surface area contributed by atoms with Gasteiger partial charge in [0.15, 0.2) is 5.16 Å². The van der Waals surface area contributed by atoms with Crippen molar-refractivity contribution in [2.24, 2.45) is 29.9 Å². The van der Waals surface area contributed by atoms with Gasteiger partial charge in [0.05, 0.1) is 21.7 Å². The minimum Gasteiger partial charge on any atom is -0.353 e. The van der Waals surface area contributed by atoms with Gasteiger partial charge in [-0.15, -0.1) is 0 Å². The molecule has 0 radical (unpaired) electrons. The lowest BCUT2D eigenvalue weighted by Gasteiger charge is -2.28. The van der Waals surface area contributed by atoms with Crippen molar-refractivity contribution in [3.05, 3.63) is 18.2 Å². The summed E-state index contributed by atoms with van der Waals surface area (Å²) in [4.78, 5) is 16.9. The number of primary sulfonamides is 1. The fourth-order valence-corrected chi connectivity index (χ4v) is 6.23. The molecule has 2 fully saturated rings. The lowest BCUT2D eigenvalue weighted by atomic mass is 9.84. The van der Waals surface area contributed by atoms with E-state index in [4.69, 9.17) is 5.14 Å². The largest absolute Gasteiger partial charge is 0.353 e. The number of thioether (sulfide) groups is 1. The molecule has 1 amide bonds. The zero-order valence-electron chi connectivity index (χ0n) is 16.1. The van der Waals surface area contributed by atoms with Crippen molar-refractivity contribution in [1.29, 1.82) is 0 Å². The first-order chi connectivity index (χ1) is 13.2. The molecule has 4 atom stereocenters. The molecule has 0 saturated heterocycles. The zero-order valence-corrected chi connectivity index (χ0v) is 17.7. The average molecular weight is 423 g/mol. The van der Waals surface area contributed by atoms with Gasteiger partial charge in [0.1, 0.15) is 0 Å². The van der Waals surface area contributed by atoms with E-state index in [0.29, 0.717) is 16.6 Å². The fraction of sp³-hybridized carbons (Fsp3) is 0.579. The SMILES string of the molecule is CC(NC(=O)CSc1nc2cc(S(N)(=O)=O)ccc2n1C)C1CC2CCC1C2. The van der Waals surface area contributed by atoms with Crippen LogP contribution in [0.25, 0.3) is 11.0 Å². The number of carbonyl (C=O) groups excluding carboxylic acids is 1. The highest BCUT2D eigenvalue weighted by atomic mass is 32.2. The van der Waals surface area contributed by atoms with Gasteiger partial charge in [0, 0.05) is 13.1 Å². The van der Waals surface area contributed by atoms with Crippen molar-refractivity contribution >= 4 is 38.7 Å². The monoisotopic (exact) mass is 422 g/mol. The Morgan fingerprint density at radius 1 is 1.39 bits per heavy atom. The molecule has 0 spiro atoms. The van der Waals surface area contributed by atoms with Crippen molar-refractivity contribution in [1.82, 2.24) is 14.9 Å². The van der Waals surface area contributed by atoms with E-state index >= 15 is 0 Å². The number of sulfonamides is 1. The van der Waals surface area contributed by atoms with Gasteiger partial charge in [-0.2, -0.15) is 0 Å². The third-order valence-corrected chi connectivity index (χ3v) is 8.24. The maximum Gasteiger partial charge on any atom is 0.238 e. The van der Waals surface area contributed by atoms with Gasteiger partial charge < -0.3 is 9.88 Å². The summed E-state index contributed by atoms with van der Waals surface area (Å²) in [5, 5.41) is 9.03. The fourth-order valence-electron chi connectivity index (χ4n) is 4.90. The first kappa shape index (κ1) is 19.7. The van der Waals surface area contributed by atoms with Crippen LogP contribution < -0.4 is 10.5 Å². The van der Waals surface area contributed by atoms with E-state index in [-0.39, 0.29) is 22.6 Å². The molecular formula is C19H26N4O3S2. The van der Waals surface area contributed by atoms with E-state index in [2.05, 4.69) is 17.2 Å². The molecule has 2 aliphatic rings. The Bertz CT molecular complexity index is 1020. The van der Waals surface area contributed by atoms with E-state index in [0.717, 1.165) is 17.4 Å². The minimum atomic E-state index is -3.77. The lowest BCUT2D eigenvalue weighted by molar-refractivity contribution is -0.119. The highest BCUT2D eigenvalue weighted by Crippen LogP contribution is 2.49. The van der Waals surface area contributed by atoms with Crippen molar-refractivity contribution in [3.63, 3.8) is 0 Å². The second-order valence-corrected chi connectivity index (χ2v) is 10.6. The van der Waals surface area contributed by atoms with Crippen LogP contribution in [-0.2, 0) is 21.9 Å². The van der Waals surface area contributed by atoms with E-state index in [1.165, 1.54) is 49.6 Å². The van der Waals surface area contributed by atoms with Crippen LogP contribution in [-0.4, -0.2) is 35.7 Å². The number of aryl methyl sites for hydroxylation is 1. The summed E-state index contributed by atoms with van der Waals surface area (Å²) in [5.74, 6) is 2.55. The Hall–Kier alpha value is -1.58. The number of nitrogens with zero attached hydrogens (tertiary/aromatic N) is 2. The molecule has 1 heterocycles. The second kappa shape index (κ2) is 7.35. The number of fused-ring (bicyclic) bond motifs is 3.